The molecule has 0 aliphatic carbocycles. The van der Waals surface area contributed by atoms with Crippen molar-refractivity contribution in [1.29, 1.82) is 0 Å². The molecule has 548 valence electrons. The Bertz CT molecular complexity index is 3000. The molecule has 1 heterocycles. The molecule has 25 nitrogen and oxygen atoms in total. The molecule has 0 bridgehead atoms. The molecule has 25 heteroatoms. The summed E-state index contributed by atoms with van der Waals surface area (Å²) in [6.07, 6.45) is -0.874. The Morgan fingerprint density at radius 1 is 0.439 bits per heavy atom. The monoisotopic (exact) mass is 1370 g/mol. The highest BCUT2D eigenvalue weighted by Crippen LogP contribution is 2.23. The first-order valence-electron chi connectivity index (χ1n) is 34.9. The van der Waals surface area contributed by atoms with Crippen LogP contribution in [0.4, 0.5) is 0 Å². The van der Waals surface area contributed by atoms with Crippen LogP contribution < -0.4 is 31.9 Å². The van der Waals surface area contributed by atoms with Gasteiger partial charge in [-0.15, -0.1) is 0 Å². The molecule has 7 N–H and O–H groups in total. The van der Waals surface area contributed by atoms with Gasteiger partial charge >= 0.3 is 0 Å². The van der Waals surface area contributed by atoms with E-state index in [0.29, 0.717) is 17.5 Å². The normalized spacial score (nSPS) is 25.9. The Morgan fingerprint density at radius 2 is 0.857 bits per heavy atom. The summed E-state index contributed by atoms with van der Waals surface area (Å²) >= 11 is 0. The van der Waals surface area contributed by atoms with Crippen molar-refractivity contribution in [3.8, 4) is 0 Å². The second kappa shape index (κ2) is 39.6. The van der Waals surface area contributed by atoms with Crippen LogP contribution in [0, 0.1) is 41.4 Å². The fourth-order valence-corrected chi connectivity index (χ4v) is 12.2. The lowest BCUT2D eigenvalue weighted by molar-refractivity contribution is -0.148. The first kappa shape index (κ1) is 84.3. The second-order valence-corrected chi connectivity index (χ2v) is 29.2. The third-order valence-corrected chi connectivity index (χ3v) is 18.3. The highest BCUT2D eigenvalue weighted by atomic mass is 16.3. The predicted molar refractivity (Wildman–Crippen MR) is 377 cm³/mol. The van der Waals surface area contributed by atoms with Gasteiger partial charge in [-0.05, 0) is 86.2 Å². The molecule has 1 fully saturated rings. The van der Waals surface area contributed by atoms with Gasteiger partial charge in [0.2, 0.25) is 70.9 Å². The van der Waals surface area contributed by atoms with Gasteiger partial charge in [0.05, 0.1) is 18.6 Å². The third kappa shape index (κ3) is 25.1. The van der Waals surface area contributed by atoms with Gasteiger partial charge < -0.3 is 66.4 Å². The van der Waals surface area contributed by atoms with Crippen LogP contribution in [0.2, 0.25) is 0 Å². The van der Waals surface area contributed by atoms with E-state index >= 15 is 4.79 Å². The molecule has 98 heavy (non-hydrogen) atoms. The lowest BCUT2D eigenvalue weighted by atomic mass is 9.94. The number of benzene rings is 2. The molecule has 0 spiro atoms. The van der Waals surface area contributed by atoms with E-state index in [4.69, 9.17) is 0 Å². The minimum Gasteiger partial charge on any atom is -0.391 e. The fourth-order valence-electron chi connectivity index (χ4n) is 12.2. The summed E-state index contributed by atoms with van der Waals surface area (Å²) in [4.78, 5) is 183. The summed E-state index contributed by atoms with van der Waals surface area (Å²) in [6, 6.07) is 5.58. The summed E-state index contributed by atoms with van der Waals surface area (Å²) < 4.78 is 0. The largest absolute Gasteiger partial charge is 0.391 e. The molecule has 3 rings (SSSR count). The van der Waals surface area contributed by atoms with Gasteiger partial charge in [0, 0.05) is 74.1 Å². The van der Waals surface area contributed by atoms with E-state index in [-0.39, 0.29) is 75.2 Å². The molecule has 0 aromatic heterocycles. The van der Waals surface area contributed by atoms with Crippen LogP contribution in [-0.4, -0.2) is 227 Å². The Balaban J connectivity index is 2.27. The standard InChI is InChI=1S/C73H118N12O13/c1-22-47(12)63-69(94)74-40-60(88)81(17)58(39-52-31-27-24-28-32-52)68(93)79-62(50(15)86)73(98)84(20)56(35-44(6)7)65(90)76-53(33-42(2)3)64(89)75-49(14)37-59(87)80(16)41-48(13)70(95)82(18)55(34-43(4)5)66(91)77-54(38-51-29-25-23-26-30-51)71(96)83(19)57(36-45(8)9)67(92)78-61(46(10)11)72(97)85(63)21/h23-32,42-50,53-58,61-63,86H,22,33-41H2,1-21H3,(H,74,94)(H,75,89)(H,76,90)(H,77,91)(H,78,92)(H,79,93)/t47-,48-,49-,50+,53-,54-,55-,56-,57-,58-,61-,62-,63-/m0/s1. The van der Waals surface area contributed by atoms with Crippen LogP contribution in [-0.2, 0) is 70.4 Å². The summed E-state index contributed by atoms with van der Waals surface area (Å²) in [5, 5.41) is 28.2. The van der Waals surface area contributed by atoms with Crippen molar-refractivity contribution >= 4 is 70.9 Å². The number of amides is 12. The van der Waals surface area contributed by atoms with Crippen molar-refractivity contribution in [2.75, 3.05) is 55.4 Å². The van der Waals surface area contributed by atoms with Crippen molar-refractivity contribution in [2.24, 2.45) is 41.4 Å². The average molecular weight is 1370 g/mol. The Kier molecular flexibility index (Phi) is 34.0. The zero-order valence-electron chi connectivity index (χ0n) is 62.3. The lowest BCUT2D eigenvalue weighted by Crippen LogP contribution is -2.62. The summed E-state index contributed by atoms with van der Waals surface area (Å²) in [6.45, 7) is 25.8. The van der Waals surface area contributed by atoms with E-state index in [1.54, 1.807) is 89.2 Å². The number of hydrogen-bond acceptors (Lipinski definition) is 13. The quantitative estimate of drug-likeness (QED) is 0.126. The van der Waals surface area contributed by atoms with Crippen LogP contribution in [0.15, 0.2) is 60.7 Å². The fraction of sp³-hybridized carbons (Fsp3) is 0.671. The van der Waals surface area contributed by atoms with E-state index in [9.17, 15) is 57.8 Å². The number of hydrogen-bond donors (Lipinski definition) is 7. The highest BCUT2D eigenvalue weighted by molar-refractivity contribution is 5.99. The van der Waals surface area contributed by atoms with Gasteiger partial charge in [-0.25, -0.2) is 0 Å². The Morgan fingerprint density at radius 3 is 1.32 bits per heavy atom. The maximum atomic E-state index is 15.2. The highest BCUT2D eigenvalue weighted by Gasteiger charge is 2.43. The molecule has 12 amide bonds. The van der Waals surface area contributed by atoms with Crippen LogP contribution in [0.1, 0.15) is 154 Å². The van der Waals surface area contributed by atoms with E-state index in [2.05, 4.69) is 31.9 Å². The molecular weight excluding hydrogens is 1250 g/mol. The number of carbonyl (C=O) groups is 12. The Hall–Kier alpha value is -7.96. The van der Waals surface area contributed by atoms with Gasteiger partial charge in [0.15, 0.2) is 0 Å². The lowest BCUT2D eigenvalue weighted by Gasteiger charge is -2.37. The third-order valence-electron chi connectivity index (χ3n) is 18.3. The zero-order valence-corrected chi connectivity index (χ0v) is 62.3. The molecule has 2 aromatic carbocycles. The first-order chi connectivity index (χ1) is 45.7. The predicted octanol–water partition coefficient (Wildman–Crippen LogP) is 3.93. The van der Waals surface area contributed by atoms with E-state index in [1.165, 1.54) is 68.8 Å². The van der Waals surface area contributed by atoms with E-state index in [1.807, 2.05) is 68.4 Å². The van der Waals surface area contributed by atoms with Crippen LogP contribution in [0.3, 0.4) is 0 Å². The van der Waals surface area contributed by atoms with Crippen molar-refractivity contribution < 1.29 is 62.6 Å². The first-order valence-corrected chi connectivity index (χ1v) is 34.9. The van der Waals surface area contributed by atoms with Gasteiger partial charge in [-0.2, -0.15) is 0 Å². The van der Waals surface area contributed by atoms with Crippen LogP contribution >= 0.6 is 0 Å². The number of rotatable bonds is 16. The van der Waals surface area contributed by atoms with Crippen molar-refractivity contribution in [2.45, 2.75) is 222 Å². The van der Waals surface area contributed by atoms with Crippen molar-refractivity contribution in [3.05, 3.63) is 71.8 Å². The van der Waals surface area contributed by atoms with Gasteiger partial charge in [-0.1, -0.05) is 157 Å². The molecule has 0 saturated carbocycles. The second-order valence-electron chi connectivity index (χ2n) is 29.2. The minimum absolute atomic E-state index is 0.00159. The molecule has 13 atom stereocenters. The number of likely N-dealkylation sites (N-methyl/N-ethyl adjacent to an activating group) is 5. The van der Waals surface area contributed by atoms with Gasteiger partial charge in [0.25, 0.3) is 0 Å². The van der Waals surface area contributed by atoms with Crippen molar-refractivity contribution in [3.63, 3.8) is 0 Å². The number of nitrogens with one attached hydrogen (secondary N) is 6. The molecule has 1 aliphatic heterocycles. The van der Waals surface area contributed by atoms with E-state index in [0.717, 1.165) is 9.80 Å². The number of nitrogens with zero attached hydrogens (tertiary/aromatic N) is 6. The number of aliphatic hydroxyl groups excluding tert-OH is 1. The number of aliphatic hydroxyl groups is 1. The molecule has 1 aliphatic rings. The zero-order chi connectivity index (χ0) is 74.3. The number of carbonyl (C=O) groups excluding carboxylic acids is 12. The molecule has 0 radical (unpaired) electrons. The smallest absolute Gasteiger partial charge is 0.248 e. The summed E-state index contributed by atoms with van der Waals surface area (Å²) in [7, 11) is 8.63. The topological polar surface area (TPSA) is 317 Å². The molecule has 2 aromatic rings. The molecule has 0 unspecified atom stereocenters. The molecular formula is C73H118N12O13. The average Bonchev–Trinajstić information content (AvgIpc) is 0.852. The van der Waals surface area contributed by atoms with Gasteiger partial charge in [-0.3, -0.25) is 57.5 Å². The minimum atomic E-state index is -1.66. The van der Waals surface area contributed by atoms with Crippen LogP contribution in [0.25, 0.3) is 0 Å². The van der Waals surface area contributed by atoms with Crippen LogP contribution in [0.5, 0.6) is 0 Å². The SMILES string of the molecule is CC[C@H](C)[C@H]1C(=O)NCC(=O)N(C)[C@@H](Cc2ccccc2)C(=O)N[C@@H]([C@@H](C)O)C(=O)N(C)[C@@H](CC(C)C)C(=O)N[C@@H](CC(C)C)C(=O)N[C@@H](C)CC(=O)N(C)C[C@H](C)C(=O)N(C)[C@@H](CC(C)C)C(=O)N[C@@H](Cc2ccccc2)C(=O)N(C)[C@@H](CC(C)C)C(=O)N[C@@H](C(C)C)C(=O)N1C. The van der Waals surface area contributed by atoms with E-state index < -0.39 is 162 Å². The molecule has 1 saturated heterocycles. The summed E-state index contributed by atoms with van der Waals surface area (Å²) in [5.74, 6) is -10.4. The van der Waals surface area contributed by atoms with Gasteiger partial charge in [0.1, 0.15) is 54.4 Å². The maximum Gasteiger partial charge on any atom is 0.248 e. The van der Waals surface area contributed by atoms with Crippen molar-refractivity contribution in [1.82, 2.24) is 61.3 Å². The maximum absolute atomic E-state index is 15.2. The Labute approximate surface area is 582 Å². The summed E-state index contributed by atoms with van der Waals surface area (Å²) in [5.41, 5.74) is 1.31.